The highest BCUT2D eigenvalue weighted by molar-refractivity contribution is 5.83. The molecule has 0 atom stereocenters. The minimum atomic E-state index is -0.550. The second kappa shape index (κ2) is 6.94. The van der Waals surface area contributed by atoms with E-state index in [1.54, 1.807) is 11.0 Å². The number of nitrogens with two attached hydrogens (primary N) is 2. The SMILES string of the molecule is NC(=O)CN(Cc1ccccc1N)C(=O)N1CCOCC1. The van der Waals surface area contributed by atoms with Gasteiger partial charge in [-0.15, -0.1) is 0 Å². The summed E-state index contributed by atoms with van der Waals surface area (Å²) in [5.41, 5.74) is 12.5. The van der Waals surface area contributed by atoms with E-state index in [-0.39, 0.29) is 19.1 Å². The Bertz CT molecular complexity index is 515. The fourth-order valence-electron chi connectivity index (χ4n) is 2.22. The first kappa shape index (κ1) is 15.1. The van der Waals surface area contributed by atoms with Crippen LogP contribution in [0.1, 0.15) is 5.56 Å². The molecule has 1 aliphatic heterocycles. The molecule has 0 radical (unpaired) electrons. The number of rotatable bonds is 4. The minimum Gasteiger partial charge on any atom is -0.398 e. The number of carbonyl (C=O) groups is 2. The number of nitrogen functional groups attached to an aromatic ring is 1. The molecule has 0 bridgehead atoms. The molecule has 4 N–H and O–H groups in total. The van der Waals surface area contributed by atoms with Crippen LogP contribution in [-0.4, -0.2) is 54.6 Å². The minimum absolute atomic E-state index is 0.134. The van der Waals surface area contributed by atoms with Crippen LogP contribution in [-0.2, 0) is 16.1 Å². The van der Waals surface area contributed by atoms with Gasteiger partial charge in [0.15, 0.2) is 0 Å². The Morgan fingerprint density at radius 3 is 2.52 bits per heavy atom. The molecule has 0 unspecified atom stereocenters. The van der Waals surface area contributed by atoms with Gasteiger partial charge in [-0.2, -0.15) is 0 Å². The van der Waals surface area contributed by atoms with Gasteiger partial charge in [-0.3, -0.25) is 4.79 Å². The smallest absolute Gasteiger partial charge is 0.320 e. The highest BCUT2D eigenvalue weighted by atomic mass is 16.5. The Balaban J connectivity index is 2.11. The Labute approximate surface area is 123 Å². The predicted octanol–water partition coefficient (Wildman–Crippen LogP) is 0.00830. The summed E-state index contributed by atoms with van der Waals surface area (Å²) in [6.07, 6.45) is 0. The van der Waals surface area contributed by atoms with E-state index in [2.05, 4.69) is 0 Å². The zero-order valence-corrected chi connectivity index (χ0v) is 11.8. The maximum absolute atomic E-state index is 12.5. The van der Waals surface area contributed by atoms with Gasteiger partial charge < -0.3 is 26.0 Å². The van der Waals surface area contributed by atoms with Crippen LogP contribution in [0.15, 0.2) is 24.3 Å². The van der Waals surface area contributed by atoms with E-state index in [9.17, 15) is 9.59 Å². The molecule has 114 valence electrons. The molecule has 0 spiro atoms. The highest BCUT2D eigenvalue weighted by Gasteiger charge is 2.24. The van der Waals surface area contributed by atoms with Crippen molar-refractivity contribution in [2.45, 2.75) is 6.54 Å². The van der Waals surface area contributed by atoms with Crippen molar-refractivity contribution in [3.05, 3.63) is 29.8 Å². The monoisotopic (exact) mass is 292 g/mol. The number of hydrogen-bond donors (Lipinski definition) is 2. The number of para-hydroxylation sites is 1. The van der Waals surface area contributed by atoms with Crippen molar-refractivity contribution in [2.24, 2.45) is 5.73 Å². The Morgan fingerprint density at radius 1 is 1.24 bits per heavy atom. The normalized spacial score (nSPS) is 14.8. The summed E-state index contributed by atoms with van der Waals surface area (Å²) in [6.45, 7) is 2.15. The molecule has 0 saturated carbocycles. The lowest BCUT2D eigenvalue weighted by Crippen LogP contribution is -2.50. The van der Waals surface area contributed by atoms with Crippen LogP contribution < -0.4 is 11.5 Å². The standard InChI is InChI=1S/C14H20N4O3/c15-12-4-2-1-3-11(12)9-18(10-13(16)19)14(20)17-5-7-21-8-6-17/h1-4H,5-10,15H2,(H2,16,19). The molecule has 1 aliphatic rings. The summed E-state index contributed by atoms with van der Waals surface area (Å²) in [5, 5.41) is 0. The molecule has 7 nitrogen and oxygen atoms in total. The van der Waals surface area contributed by atoms with Gasteiger partial charge >= 0.3 is 6.03 Å². The molecule has 3 amide bonds. The highest BCUT2D eigenvalue weighted by Crippen LogP contribution is 2.15. The van der Waals surface area contributed by atoms with E-state index < -0.39 is 5.91 Å². The third-order valence-corrected chi connectivity index (χ3v) is 3.32. The average Bonchev–Trinajstić information content (AvgIpc) is 2.48. The number of ether oxygens (including phenoxy) is 1. The fraction of sp³-hybridized carbons (Fsp3) is 0.429. The van der Waals surface area contributed by atoms with Crippen LogP contribution in [0.3, 0.4) is 0 Å². The zero-order valence-electron chi connectivity index (χ0n) is 11.8. The van der Waals surface area contributed by atoms with E-state index in [0.717, 1.165) is 5.56 Å². The Morgan fingerprint density at radius 2 is 1.90 bits per heavy atom. The summed E-state index contributed by atoms with van der Waals surface area (Å²) < 4.78 is 5.22. The molecule has 1 aromatic rings. The maximum atomic E-state index is 12.5. The number of benzene rings is 1. The van der Waals surface area contributed by atoms with Gasteiger partial charge in [-0.25, -0.2) is 4.79 Å². The summed E-state index contributed by atoms with van der Waals surface area (Å²) in [7, 11) is 0. The quantitative estimate of drug-likeness (QED) is 0.763. The Hall–Kier alpha value is -2.28. The molecule has 1 fully saturated rings. The van der Waals surface area contributed by atoms with Crippen LogP contribution >= 0.6 is 0 Å². The number of amides is 3. The van der Waals surface area contributed by atoms with Crippen molar-refractivity contribution in [2.75, 3.05) is 38.6 Å². The lowest BCUT2D eigenvalue weighted by molar-refractivity contribution is -0.118. The van der Waals surface area contributed by atoms with Gasteiger partial charge in [0.05, 0.1) is 19.8 Å². The fourth-order valence-corrected chi connectivity index (χ4v) is 2.22. The molecule has 0 aromatic heterocycles. The molecular weight excluding hydrogens is 272 g/mol. The van der Waals surface area contributed by atoms with Gasteiger partial charge in [-0.1, -0.05) is 18.2 Å². The van der Waals surface area contributed by atoms with Crippen molar-refractivity contribution < 1.29 is 14.3 Å². The van der Waals surface area contributed by atoms with Crippen LogP contribution in [0.4, 0.5) is 10.5 Å². The number of hydrogen-bond acceptors (Lipinski definition) is 4. The topological polar surface area (TPSA) is 102 Å². The number of urea groups is 1. The molecule has 1 heterocycles. The first-order valence-electron chi connectivity index (χ1n) is 6.81. The predicted molar refractivity (Wildman–Crippen MR) is 78.2 cm³/mol. The summed E-state index contributed by atoms with van der Waals surface area (Å²) in [5.74, 6) is -0.550. The number of morpholine rings is 1. The van der Waals surface area contributed by atoms with Gasteiger partial charge in [0.2, 0.25) is 5.91 Å². The van der Waals surface area contributed by atoms with Crippen molar-refractivity contribution in [1.29, 1.82) is 0 Å². The summed E-state index contributed by atoms with van der Waals surface area (Å²) in [6, 6.07) is 7.03. The number of primary amides is 1. The average molecular weight is 292 g/mol. The van der Waals surface area contributed by atoms with Gasteiger partial charge in [0.1, 0.15) is 6.54 Å². The molecule has 21 heavy (non-hydrogen) atoms. The van der Waals surface area contributed by atoms with E-state index in [1.807, 2.05) is 18.2 Å². The summed E-state index contributed by atoms with van der Waals surface area (Å²) >= 11 is 0. The second-order valence-electron chi connectivity index (χ2n) is 4.90. The molecular formula is C14H20N4O3. The van der Waals surface area contributed by atoms with Crippen molar-refractivity contribution in [3.63, 3.8) is 0 Å². The van der Waals surface area contributed by atoms with Crippen LogP contribution in [0.5, 0.6) is 0 Å². The van der Waals surface area contributed by atoms with Crippen LogP contribution in [0.25, 0.3) is 0 Å². The van der Waals surface area contributed by atoms with Crippen molar-refractivity contribution >= 4 is 17.6 Å². The van der Waals surface area contributed by atoms with Gasteiger partial charge in [0.25, 0.3) is 0 Å². The molecule has 7 heteroatoms. The third-order valence-electron chi connectivity index (χ3n) is 3.32. The number of nitrogens with zero attached hydrogens (tertiary/aromatic N) is 2. The lowest BCUT2D eigenvalue weighted by atomic mass is 10.1. The third kappa shape index (κ3) is 4.09. The molecule has 0 aliphatic carbocycles. The first-order valence-corrected chi connectivity index (χ1v) is 6.81. The van der Waals surface area contributed by atoms with E-state index in [1.165, 1.54) is 4.90 Å². The number of carbonyl (C=O) groups excluding carboxylic acids is 2. The molecule has 1 aromatic carbocycles. The van der Waals surface area contributed by atoms with Gasteiger partial charge in [-0.05, 0) is 11.6 Å². The van der Waals surface area contributed by atoms with E-state index >= 15 is 0 Å². The Kier molecular flexibility index (Phi) is 4.99. The van der Waals surface area contributed by atoms with E-state index in [0.29, 0.717) is 32.0 Å². The maximum Gasteiger partial charge on any atom is 0.320 e. The largest absolute Gasteiger partial charge is 0.398 e. The zero-order chi connectivity index (χ0) is 15.2. The van der Waals surface area contributed by atoms with Crippen LogP contribution in [0, 0.1) is 0 Å². The van der Waals surface area contributed by atoms with E-state index in [4.69, 9.17) is 16.2 Å². The lowest BCUT2D eigenvalue weighted by Gasteiger charge is -2.32. The second-order valence-corrected chi connectivity index (χ2v) is 4.90. The van der Waals surface area contributed by atoms with Gasteiger partial charge in [0, 0.05) is 18.8 Å². The summed E-state index contributed by atoms with van der Waals surface area (Å²) in [4.78, 5) is 26.8. The number of anilines is 1. The van der Waals surface area contributed by atoms with Crippen molar-refractivity contribution in [3.8, 4) is 0 Å². The van der Waals surface area contributed by atoms with Crippen molar-refractivity contribution in [1.82, 2.24) is 9.80 Å². The van der Waals surface area contributed by atoms with Crippen LogP contribution in [0.2, 0.25) is 0 Å². The first-order chi connectivity index (χ1) is 10.1. The molecule has 2 rings (SSSR count). The molecule has 1 saturated heterocycles.